The van der Waals surface area contributed by atoms with Gasteiger partial charge in [-0.2, -0.15) is 15.1 Å². The lowest BCUT2D eigenvalue weighted by atomic mass is 9.99. The number of rotatable bonds is 5. The van der Waals surface area contributed by atoms with E-state index in [0.29, 0.717) is 64.9 Å². The second kappa shape index (κ2) is 9.81. The summed E-state index contributed by atoms with van der Waals surface area (Å²) in [5, 5.41) is 10.7. The molecule has 0 unspecified atom stereocenters. The third-order valence-corrected chi connectivity index (χ3v) is 7.29. The molecule has 6 rings (SSSR count). The van der Waals surface area contributed by atoms with E-state index in [9.17, 15) is 4.79 Å². The Labute approximate surface area is 209 Å². The van der Waals surface area contributed by atoms with Gasteiger partial charge in [-0.25, -0.2) is 0 Å². The van der Waals surface area contributed by atoms with E-state index >= 15 is 0 Å². The van der Waals surface area contributed by atoms with Crippen LogP contribution in [0.5, 0.6) is 17.4 Å². The molecule has 0 bridgehead atoms. The molecule has 0 radical (unpaired) electrons. The molecule has 2 saturated heterocycles. The summed E-state index contributed by atoms with van der Waals surface area (Å²) in [6.07, 6.45) is 7.56. The molecule has 2 aromatic heterocycles. The Morgan fingerprint density at radius 3 is 2.61 bits per heavy atom. The first kappa shape index (κ1) is 22.8. The van der Waals surface area contributed by atoms with Crippen LogP contribution in [0, 0.1) is 0 Å². The van der Waals surface area contributed by atoms with Crippen molar-refractivity contribution in [2.45, 2.75) is 38.1 Å². The number of piperidine rings is 2. The molecule has 2 fully saturated rings. The molecular weight excluding hydrogens is 462 g/mol. The lowest BCUT2D eigenvalue weighted by Crippen LogP contribution is -2.48. The minimum atomic E-state index is -0.0165. The fourth-order valence-electron chi connectivity index (χ4n) is 5.43. The fourth-order valence-corrected chi connectivity index (χ4v) is 5.43. The summed E-state index contributed by atoms with van der Waals surface area (Å²) < 4.78 is 17.3. The van der Waals surface area contributed by atoms with Crippen molar-refractivity contribution in [2.24, 2.45) is 0 Å². The number of hydrogen-bond acceptors (Lipinski definition) is 9. The van der Waals surface area contributed by atoms with E-state index in [1.54, 1.807) is 19.4 Å². The van der Waals surface area contributed by atoms with Crippen LogP contribution in [0.15, 0.2) is 18.3 Å². The Balaban J connectivity index is 1.22. The molecule has 3 aromatic rings. The molecule has 5 heterocycles. The molecular formula is C25H31N7O4. The smallest absolute Gasteiger partial charge is 0.257 e. The van der Waals surface area contributed by atoms with Gasteiger partial charge in [0.05, 0.1) is 24.6 Å². The summed E-state index contributed by atoms with van der Waals surface area (Å²) in [4.78, 5) is 27.0. The van der Waals surface area contributed by atoms with Crippen molar-refractivity contribution in [1.29, 1.82) is 0 Å². The number of nitrogens with one attached hydrogen (secondary N) is 2. The minimum absolute atomic E-state index is 0.0165. The Hall–Kier alpha value is -3.60. The van der Waals surface area contributed by atoms with Crippen LogP contribution in [0.2, 0.25) is 0 Å². The van der Waals surface area contributed by atoms with E-state index in [-0.39, 0.29) is 5.91 Å². The van der Waals surface area contributed by atoms with Gasteiger partial charge in [-0.05, 0) is 50.9 Å². The summed E-state index contributed by atoms with van der Waals surface area (Å²) >= 11 is 0. The van der Waals surface area contributed by atoms with Crippen molar-refractivity contribution in [3.05, 3.63) is 23.9 Å². The largest absolute Gasteiger partial charge is 0.485 e. The zero-order valence-corrected chi connectivity index (χ0v) is 20.5. The lowest BCUT2D eigenvalue weighted by Gasteiger charge is -2.40. The normalized spacial score (nSPS) is 18.9. The molecule has 0 saturated carbocycles. The van der Waals surface area contributed by atoms with Crippen LogP contribution in [-0.4, -0.2) is 88.4 Å². The van der Waals surface area contributed by atoms with E-state index in [1.165, 1.54) is 32.4 Å². The first-order valence-electron chi connectivity index (χ1n) is 12.7. The van der Waals surface area contributed by atoms with Crippen LogP contribution >= 0.6 is 0 Å². The number of anilines is 2. The van der Waals surface area contributed by atoms with E-state index in [0.717, 1.165) is 25.9 Å². The number of fused-ring (bicyclic) bond motifs is 2. The van der Waals surface area contributed by atoms with Gasteiger partial charge >= 0.3 is 0 Å². The topological polar surface area (TPSA) is 118 Å². The number of ether oxygens (including phenoxy) is 3. The number of methoxy groups -OCH3 is 1. The molecule has 2 N–H and O–H groups in total. The maximum atomic E-state index is 13.5. The summed E-state index contributed by atoms with van der Waals surface area (Å²) in [5.74, 6) is 1.66. The lowest BCUT2D eigenvalue weighted by molar-refractivity contribution is 0.0582. The number of likely N-dealkylation sites (tertiary alicyclic amines) is 2. The van der Waals surface area contributed by atoms with E-state index in [4.69, 9.17) is 14.2 Å². The maximum Gasteiger partial charge on any atom is 0.257 e. The highest BCUT2D eigenvalue weighted by Crippen LogP contribution is 2.42. The number of H-pyrrole nitrogens is 1. The summed E-state index contributed by atoms with van der Waals surface area (Å²) in [7, 11) is 1.55. The first-order chi connectivity index (χ1) is 17.7. The van der Waals surface area contributed by atoms with Gasteiger partial charge in [0.15, 0.2) is 17.1 Å². The number of nitrogens with zero attached hydrogens (tertiary/aromatic N) is 5. The molecule has 0 spiro atoms. The number of amides is 1. The Bertz CT molecular complexity index is 1250. The summed E-state index contributed by atoms with van der Waals surface area (Å²) in [6, 6.07) is 4.19. The van der Waals surface area contributed by atoms with Gasteiger partial charge in [0.2, 0.25) is 11.8 Å². The zero-order valence-electron chi connectivity index (χ0n) is 20.5. The highest BCUT2D eigenvalue weighted by molar-refractivity contribution is 5.99. The highest BCUT2D eigenvalue weighted by atomic mass is 16.6. The highest BCUT2D eigenvalue weighted by Gasteiger charge is 2.31. The number of aromatic nitrogens is 4. The standard InChI is InChI=1S/C25H31N7O4/c1-34-23-18-15-26-30-22(18)28-25(29-23)27-19-6-5-17(20-21(19)36-14-13-35-20)24(33)32-11-7-16(8-12-32)31-9-3-2-4-10-31/h5-6,15-16H,2-4,7-14H2,1H3,(H2,26,27,28,29,30). The fraction of sp³-hybridized carbons (Fsp3) is 0.520. The third-order valence-electron chi connectivity index (χ3n) is 7.29. The van der Waals surface area contributed by atoms with Crippen LogP contribution < -0.4 is 19.5 Å². The minimum Gasteiger partial charge on any atom is -0.485 e. The van der Waals surface area contributed by atoms with Crippen molar-refractivity contribution in [1.82, 2.24) is 30.0 Å². The van der Waals surface area contributed by atoms with Crippen LogP contribution in [0.4, 0.5) is 11.6 Å². The Morgan fingerprint density at radius 1 is 1.06 bits per heavy atom. The molecule has 11 heteroatoms. The number of carbonyl (C=O) groups excluding carboxylic acids is 1. The van der Waals surface area contributed by atoms with Crippen LogP contribution in [0.25, 0.3) is 11.0 Å². The Morgan fingerprint density at radius 2 is 1.83 bits per heavy atom. The monoisotopic (exact) mass is 493 g/mol. The van der Waals surface area contributed by atoms with Gasteiger partial charge in [0, 0.05) is 19.1 Å². The molecule has 11 nitrogen and oxygen atoms in total. The number of carbonyl (C=O) groups is 1. The van der Waals surface area contributed by atoms with Crippen LogP contribution in [0.1, 0.15) is 42.5 Å². The number of aromatic amines is 1. The molecule has 3 aliphatic heterocycles. The molecule has 190 valence electrons. The van der Waals surface area contributed by atoms with E-state index in [1.807, 2.05) is 11.0 Å². The number of hydrogen-bond donors (Lipinski definition) is 2. The second-order valence-electron chi connectivity index (χ2n) is 9.45. The average molecular weight is 494 g/mol. The molecule has 3 aliphatic rings. The molecule has 0 atom stereocenters. The maximum absolute atomic E-state index is 13.5. The van der Waals surface area contributed by atoms with Crippen molar-refractivity contribution >= 4 is 28.6 Å². The van der Waals surface area contributed by atoms with Gasteiger partial charge in [-0.15, -0.1) is 0 Å². The quantitative estimate of drug-likeness (QED) is 0.553. The Kier molecular flexibility index (Phi) is 6.22. The van der Waals surface area contributed by atoms with E-state index in [2.05, 4.69) is 30.4 Å². The first-order valence-corrected chi connectivity index (χ1v) is 12.7. The van der Waals surface area contributed by atoms with Crippen LogP contribution in [0.3, 0.4) is 0 Å². The third kappa shape index (κ3) is 4.27. The summed E-state index contributed by atoms with van der Waals surface area (Å²) in [5.41, 5.74) is 1.69. The SMILES string of the molecule is COc1nc(Nc2ccc(C(=O)N3CCC(N4CCCCC4)CC3)c3c2OCCO3)nc2[nH]ncc12. The summed E-state index contributed by atoms with van der Waals surface area (Å²) in [6.45, 7) is 4.67. The average Bonchev–Trinajstić information content (AvgIpc) is 3.42. The zero-order chi connectivity index (χ0) is 24.5. The second-order valence-corrected chi connectivity index (χ2v) is 9.45. The number of benzene rings is 1. The molecule has 1 amide bonds. The molecule has 0 aliphatic carbocycles. The van der Waals surface area contributed by atoms with Gasteiger partial charge < -0.3 is 29.3 Å². The van der Waals surface area contributed by atoms with Crippen molar-refractivity contribution in [3.63, 3.8) is 0 Å². The molecule has 1 aromatic carbocycles. The van der Waals surface area contributed by atoms with Crippen molar-refractivity contribution in [3.8, 4) is 17.4 Å². The molecule has 36 heavy (non-hydrogen) atoms. The predicted octanol–water partition coefficient (Wildman–Crippen LogP) is 2.97. The van der Waals surface area contributed by atoms with Gasteiger partial charge in [0.25, 0.3) is 5.91 Å². The van der Waals surface area contributed by atoms with Gasteiger partial charge in [-0.1, -0.05) is 6.42 Å². The predicted molar refractivity (Wildman–Crippen MR) is 133 cm³/mol. The van der Waals surface area contributed by atoms with Crippen LogP contribution in [-0.2, 0) is 0 Å². The van der Waals surface area contributed by atoms with Crippen molar-refractivity contribution in [2.75, 3.05) is 51.8 Å². The van der Waals surface area contributed by atoms with Gasteiger partial charge in [0.1, 0.15) is 18.6 Å². The van der Waals surface area contributed by atoms with E-state index < -0.39 is 0 Å². The van der Waals surface area contributed by atoms with Gasteiger partial charge in [-0.3, -0.25) is 9.89 Å². The van der Waals surface area contributed by atoms with Crippen molar-refractivity contribution < 1.29 is 19.0 Å².